The first kappa shape index (κ1) is 14.9. The fraction of sp³-hybridized carbons (Fsp3) is 0.429. The van der Waals surface area contributed by atoms with Gasteiger partial charge in [-0.2, -0.15) is 11.8 Å². The second kappa shape index (κ2) is 8.87. The average molecular weight is 266 g/mol. The van der Waals surface area contributed by atoms with Crippen LogP contribution in [0.1, 0.15) is 17.5 Å². The van der Waals surface area contributed by atoms with Gasteiger partial charge in [-0.3, -0.25) is 0 Å². The molecule has 0 amide bonds. The van der Waals surface area contributed by atoms with E-state index in [2.05, 4.69) is 11.8 Å². The highest BCUT2D eigenvalue weighted by atomic mass is 32.2. The highest BCUT2D eigenvalue weighted by molar-refractivity contribution is 7.98. The van der Waals surface area contributed by atoms with Crippen molar-refractivity contribution < 1.29 is 14.9 Å². The zero-order valence-electron chi connectivity index (χ0n) is 10.5. The number of methoxy groups -OCH3 is 1. The van der Waals surface area contributed by atoms with Gasteiger partial charge in [0.25, 0.3) is 0 Å². The summed E-state index contributed by atoms with van der Waals surface area (Å²) in [6.45, 7) is 0.262. The number of aliphatic hydroxyl groups excluding tert-OH is 2. The van der Waals surface area contributed by atoms with Gasteiger partial charge in [0.2, 0.25) is 0 Å². The first-order chi connectivity index (χ1) is 8.81. The minimum atomic E-state index is 0.0811. The van der Waals surface area contributed by atoms with Crippen molar-refractivity contribution in [2.45, 2.75) is 12.2 Å². The Morgan fingerprint density at radius 2 is 2.11 bits per heavy atom. The number of ether oxygens (including phenoxy) is 1. The number of benzene rings is 1. The maximum absolute atomic E-state index is 8.79. The van der Waals surface area contributed by atoms with Gasteiger partial charge in [0.1, 0.15) is 5.75 Å². The number of hydrogen-bond donors (Lipinski definition) is 2. The van der Waals surface area contributed by atoms with Crippen LogP contribution in [0.5, 0.6) is 5.75 Å². The zero-order valence-corrected chi connectivity index (χ0v) is 11.3. The van der Waals surface area contributed by atoms with E-state index in [4.69, 9.17) is 14.9 Å². The van der Waals surface area contributed by atoms with Crippen molar-refractivity contribution in [1.82, 2.24) is 0 Å². The van der Waals surface area contributed by atoms with Crippen molar-refractivity contribution in [3.05, 3.63) is 29.3 Å². The lowest BCUT2D eigenvalue weighted by molar-refractivity contribution is 0.305. The van der Waals surface area contributed by atoms with Crippen LogP contribution in [0, 0.1) is 11.8 Å². The van der Waals surface area contributed by atoms with Crippen LogP contribution in [0.25, 0.3) is 0 Å². The molecule has 0 bridgehead atoms. The summed E-state index contributed by atoms with van der Waals surface area (Å²) in [5.74, 6) is 8.28. The lowest BCUT2D eigenvalue weighted by Gasteiger charge is -2.07. The summed E-state index contributed by atoms with van der Waals surface area (Å²) < 4.78 is 5.19. The van der Waals surface area contributed by atoms with Gasteiger partial charge in [-0.15, -0.1) is 0 Å². The fourth-order valence-corrected chi connectivity index (χ4v) is 2.13. The Balaban J connectivity index is 2.83. The van der Waals surface area contributed by atoms with Gasteiger partial charge in [0, 0.05) is 23.5 Å². The normalized spacial score (nSPS) is 9.72. The lowest BCUT2D eigenvalue weighted by atomic mass is 10.1. The van der Waals surface area contributed by atoms with Crippen molar-refractivity contribution in [2.24, 2.45) is 0 Å². The van der Waals surface area contributed by atoms with E-state index in [1.165, 1.54) is 0 Å². The molecule has 0 spiro atoms. The van der Waals surface area contributed by atoms with Gasteiger partial charge in [-0.25, -0.2) is 0 Å². The van der Waals surface area contributed by atoms with E-state index in [1.807, 2.05) is 18.2 Å². The summed E-state index contributed by atoms with van der Waals surface area (Å²) >= 11 is 1.66. The Morgan fingerprint density at radius 1 is 1.28 bits per heavy atom. The summed E-state index contributed by atoms with van der Waals surface area (Å²) in [5, 5.41) is 17.5. The topological polar surface area (TPSA) is 49.7 Å². The summed E-state index contributed by atoms with van der Waals surface area (Å²) in [4.78, 5) is 0. The Labute approximate surface area is 112 Å². The van der Waals surface area contributed by atoms with E-state index in [0.717, 1.165) is 22.6 Å². The monoisotopic (exact) mass is 266 g/mol. The van der Waals surface area contributed by atoms with Crippen LogP contribution < -0.4 is 4.74 Å². The molecule has 0 heterocycles. The van der Waals surface area contributed by atoms with Crippen molar-refractivity contribution in [2.75, 3.05) is 26.1 Å². The Hall–Kier alpha value is -1.15. The highest BCUT2D eigenvalue weighted by Gasteiger charge is 2.03. The van der Waals surface area contributed by atoms with E-state index in [1.54, 1.807) is 18.9 Å². The minimum Gasteiger partial charge on any atom is -0.497 e. The molecule has 98 valence electrons. The van der Waals surface area contributed by atoms with Gasteiger partial charge in [0.15, 0.2) is 0 Å². The molecule has 0 unspecified atom stereocenters. The summed E-state index contributed by atoms with van der Waals surface area (Å²) in [5.41, 5.74) is 2.05. The SMILES string of the molecule is COc1ccc(C#CCCO)c(CSCCO)c1. The van der Waals surface area contributed by atoms with E-state index < -0.39 is 0 Å². The van der Waals surface area contributed by atoms with Crippen LogP contribution in [0.4, 0.5) is 0 Å². The second-order valence-electron chi connectivity index (χ2n) is 3.57. The molecule has 0 fully saturated rings. The third kappa shape index (κ3) is 5.01. The van der Waals surface area contributed by atoms with Crippen LogP contribution in [-0.4, -0.2) is 36.3 Å². The molecule has 0 aromatic heterocycles. The van der Waals surface area contributed by atoms with Crippen LogP contribution in [0.2, 0.25) is 0 Å². The van der Waals surface area contributed by atoms with Gasteiger partial charge < -0.3 is 14.9 Å². The molecular formula is C14H18O3S. The van der Waals surface area contributed by atoms with Crippen molar-refractivity contribution in [3.8, 4) is 17.6 Å². The molecule has 1 aromatic carbocycles. The first-order valence-electron chi connectivity index (χ1n) is 5.77. The zero-order chi connectivity index (χ0) is 13.2. The predicted octanol–water partition coefficient (Wildman–Crippen LogP) is 1.65. The van der Waals surface area contributed by atoms with Crippen LogP contribution in [-0.2, 0) is 5.75 Å². The average Bonchev–Trinajstić information content (AvgIpc) is 2.40. The third-order valence-corrected chi connectivity index (χ3v) is 3.25. The summed E-state index contributed by atoms with van der Waals surface area (Å²) in [6, 6.07) is 5.77. The number of aliphatic hydroxyl groups is 2. The quantitative estimate of drug-likeness (QED) is 0.607. The minimum absolute atomic E-state index is 0.0811. The first-order valence-corrected chi connectivity index (χ1v) is 6.92. The van der Waals surface area contributed by atoms with Gasteiger partial charge in [0.05, 0.1) is 20.3 Å². The molecule has 0 atom stereocenters. The number of thioether (sulfide) groups is 1. The molecular weight excluding hydrogens is 248 g/mol. The molecule has 0 saturated heterocycles. The fourth-order valence-electron chi connectivity index (χ4n) is 1.40. The molecule has 4 heteroatoms. The molecule has 1 rings (SSSR count). The maximum Gasteiger partial charge on any atom is 0.119 e. The van der Waals surface area contributed by atoms with E-state index in [0.29, 0.717) is 12.2 Å². The Kier molecular flexibility index (Phi) is 7.35. The molecule has 3 nitrogen and oxygen atoms in total. The smallest absolute Gasteiger partial charge is 0.119 e. The molecule has 0 aliphatic rings. The van der Waals surface area contributed by atoms with E-state index >= 15 is 0 Å². The van der Waals surface area contributed by atoms with E-state index in [-0.39, 0.29) is 13.2 Å². The largest absolute Gasteiger partial charge is 0.497 e. The van der Waals surface area contributed by atoms with Crippen molar-refractivity contribution in [1.29, 1.82) is 0 Å². The molecule has 2 N–H and O–H groups in total. The van der Waals surface area contributed by atoms with Gasteiger partial charge in [-0.05, 0) is 23.8 Å². The highest BCUT2D eigenvalue weighted by Crippen LogP contribution is 2.21. The van der Waals surface area contributed by atoms with Crippen molar-refractivity contribution in [3.63, 3.8) is 0 Å². The molecule has 1 aromatic rings. The molecule has 0 aliphatic carbocycles. The molecule has 18 heavy (non-hydrogen) atoms. The lowest BCUT2D eigenvalue weighted by Crippen LogP contribution is -1.93. The van der Waals surface area contributed by atoms with E-state index in [9.17, 15) is 0 Å². The Morgan fingerprint density at radius 3 is 2.78 bits per heavy atom. The van der Waals surface area contributed by atoms with Crippen LogP contribution >= 0.6 is 11.8 Å². The third-order valence-electron chi connectivity index (χ3n) is 2.27. The second-order valence-corrected chi connectivity index (χ2v) is 4.68. The molecule has 0 aliphatic heterocycles. The summed E-state index contributed by atoms with van der Waals surface area (Å²) in [7, 11) is 1.64. The standard InChI is InChI=1S/C14H18O3S/c1-17-14-6-5-12(4-2-3-7-15)13(10-14)11-18-9-8-16/h5-6,10,15-16H,3,7-9,11H2,1H3. The number of hydrogen-bond acceptors (Lipinski definition) is 4. The van der Waals surface area contributed by atoms with Gasteiger partial charge in [-0.1, -0.05) is 11.8 Å². The molecule has 0 saturated carbocycles. The predicted molar refractivity (Wildman–Crippen MR) is 74.8 cm³/mol. The Bertz CT molecular complexity index is 421. The van der Waals surface area contributed by atoms with Crippen LogP contribution in [0.3, 0.4) is 0 Å². The summed E-state index contributed by atoms with van der Waals surface area (Å²) in [6.07, 6.45) is 0.481. The van der Waals surface area contributed by atoms with Gasteiger partial charge >= 0.3 is 0 Å². The van der Waals surface area contributed by atoms with Crippen molar-refractivity contribution >= 4 is 11.8 Å². The maximum atomic E-state index is 8.79. The van der Waals surface area contributed by atoms with Crippen LogP contribution in [0.15, 0.2) is 18.2 Å². The number of rotatable bonds is 6. The molecule has 0 radical (unpaired) electrons.